The third kappa shape index (κ3) is 4.11. The fourth-order valence-electron chi connectivity index (χ4n) is 2.75. The van der Waals surface area contributed by atoms with Gasteiger partial charge in [0.05, 0.1) is 19.3 Å². The summed E-state index contributed by atoms with van der Waals surface area (Å²) in [5.41, 5.74) is 3.55. The van der Waals surface area contributed by atoms with Gasteiger partial charge in [-0.3, -0.25) is 0 Å². The van der Waals surface area contributed by atoms with Crippen molar-refractivity contribution < 1.29 is 14.3 Å². The fraction of sp³-hybridized carbons (Fsp3) is 0.300. The minimum atomic E-state index is -0.453. The summed E-state index contributed by atoms with van der Waals surface area (Å²) in [4.78, 5) is 28.3. The number of nitrogens with zero attached hydrogens (tertiary/aromatic N) is 3. The number of aryl methyl sites for hydroxylation is 2. The topological polar surface area (TPSA) is 102 Å². The third-order valence-corrected chi connectivity index (χ3v) is 4.13. The lowest BCUT2D eigenvalue weighted by atomic mass is 10.1. The van der Waals surface area contributed by atoms with Gasteiger partial charge in [-0.1, -0.05) is 6.92 Å². The molecule has 0 amide bonds. The number of ether oxygens (including phenoxy) is 2. The van der Waals surface area contributed by atoms with Crippen LogP contribution in [0.1, 0.15) is 35.6 Å². The van der Waals surface area contributed by atoms with E-state index in [-0.39, 0.29) is 5.69 Å². The molecule has 0 spiro atoms. The van der Waals surface area contributed by atoms with E-state index in [0.717, 1.165) is 28.3 Å². The van der Waals surface area contributed by atoms with E-state index in [1.54, 1.807) is 26.4 Å². The molecule has 146 valence electrons. The average molecular weight is 381 g/mol. The minimum absolute atomic E-state index is 0.275. The van der Waals surface area contributed by atoms with E-state index in [2.05, 4.69) is 25.3 Å². The number of carbonyl (C=O) groups is 1. The molecular formula is C20H23N5O3. The average Bonchev–Trinajstić information content (AvgIpc) is 3.14. The Morgan fingerprint density at radius 1 is 1.21 bits per heavy atom. The smallest absolute Gasteiger partial charge is 0.357 e. The Hall–Kier alpha value is -3.42. The van der Waals surface area contributed by atoms with E-state index >= 15 is 0 Å². The van der Waals surface area contributed by atoms with Gasteiger partial charge in [0.2, 0.25) is 5.95 Å². The number of carbonyl (C=O) groups excluding carboxylic acids is 1. The number of hydrogen-bond acceptors (Lipinski definition) is 7. The van der Waals surface area contributed by atoms with E-state index in [9.17, 15) is 4.79 Å². The molecule has 3 rings (SSSR count). The van der Waals surface area contributed by atoms with Crippen molar-refractivity contribution in [2.75, 3.05) is 19.0 Å². The highest BCUT2D eigenvalue weighted by atomic mass is 16.5. The van der Waals surface area contributed by atoms with Crippen LogP contribution in [0.3, 0.4) is 0 Å². The predicted octanol–water partition coefficient (Wildman–Crippen LogP) is 3.67. The molecule has 0 radical (unpaired) electrons. The number of hydrogen-bond donors (Lipinski definition) is 2. The number of nitrogens with one attached hydrogen (secondary N) is 2. The highest BCUT2D eigenvalue weighted by molar-refractivity contribution is 5.89. The molecule has 8 nitrogen and oxygen atoms in total. The molecule has 0 aliphatic heterocycles. The van der Waals surface area contributed by atoms with Crippen molar-refractivity contribution in [2.24, 2.45) is 0 Å². The quantitative estimate of drug-likeness (QED) is 0.602. The first-order valence-electron chi connectivity index (χ1n) is 9.05. The maximum absolute atomic E-state index is 12.2. The molecule has 3 aromatic rings. The normalized spacial score (nSPS) is 10.6. The molecule has 0 atom stereocenters. The van der Waals surface area contributed by atoms with Crippen molar-refractivity contribution >= 4 is 17.6 Å². The maximum atomic E-state index is 12.2. The monoisotopic (exact) mass is 381 g/mol. The molecule has 28 heavy (non-hydrogen) atoms. The van der Waals surface area contributed by atoms with Gasteiger partial charge in [-0.05, 0) is 32.4 Å². The fourth-order valence-corrected chi connectivity index (χ4v) is 2.75. The summed E-state index contributed by atoms with van der Waals surface area (Å²) in [5, 5.41) is 3.11. The number of H-pyrrole nitrogens is 1. The number of anilines is 2. The summed E-state index contributed by atoms with van der Waals surface area (Å²) in [7, 11) is 1.60. The van der Waals surface area contributed by atoms with Crippen molar-refractivity contribution in [1.29, 1.82) is 0 Å². The second kappa shape index (κ2) is 8.51. The van der Waals surface area contributed by atoms with E-state index < -0.39 is 5.97 Å². The van der Waals surface area contributed by atoms with Crippen LogP contribution < -0.4 is 10.1 Å². The molecule has 0 saturated carbocycles. The first-order valence-corrected chi connectivity index (χ1v) is 9.05. The SMILES string of the molecule is CCOC(=O)c1nc(Nc2ccc(-c3ncc(C)[nH]3)c(OC)c2)ncc1CC. The van der Waals surface area contributed by atoms with E-state index in [4.69, 9.17) is 9.47 Å². The van der Waals surface area contributed by atoms with Gasteiger partial charge in [-0.25, -0.2) is 19.7 Å². The summed E-state index contributed by atoms with van der Waals surface area (Å²) in [5.74, 6) is 1.24. The van der Waals surface area contributed by atoms with Gasteiger partial charge in [-0.15, -0.1) is 0 Å². The van der Waals surface area contributed by atoms with Crippen LogP contribution >= 0.6 is 0 Å². The summed E-state index contributed by atoms with van der Waals surface area (Å²) in [6.45, 7) is 5.93. The largest absolute Gasteiger partial charge is 0.496 e. The van der Waals surface area contributed by atoms with Gasteiger partial charge in [0.1, 0.15) is 11.6 Å². The van der Waals surface area contributed by atoms with Crippen LogP contribution in [-0.4, -0.2) is 39.6 Å². The van der Waals surface area contributed by atoms with Gasteiger partial charge in [0.25, 0.3) is 0 Å². The van der Waals surface area contributed by atoms with Crippen molar-refractivity contribution in [3.63, 3.8) is 0 Å². The summed E-state index contributed by atoms with van der Waals surface area (Å²) in [6.07, 6.45) is 4.04. The van der Waals surface area contributed by atoms with Crippen LogP contribution in [0.5, 0.6) is 5.75 Å². The molecule has 1 aromatic carbocycles. The minimum Gasteiger partial charge on any atom is -0.496 e. The number of esters is 1. The number of aromatic amines is 1. The molecule has 2 N–H and O–H groups in total. The lowest BCUT2D eigenvalue weighted by Gasteiger charge is -2.12. The molecule has 0 saturated heterocycles. The van der Waals surface area contributed by atoms with Crippen LogP contribution in [-0.2, 0) is 11.2 Å². The zero-order valence-electron chi connectivity index (χ0n) is 16.4. The van der Waals surface area contributed by atoms with Crippen LogP contribution in [0, 0.1) is 6.92 Å². The zero-order valence-corrected chi connectivity index (χ0v) is 16.4. The van der Waals surface area contributed by atoms with Crippen LogP contribution in [0.4, 0.5) is 11.6 Å². The predicted molar refractivity (Wildman–Crippen MR) is 106 cm³/mol. The van der Waals surface area contributed by atoms with Crippen LogP contribution in [0.2, 0.25) is 0 Å². The lowest BCUT2D eigenvalue weighted by Crippen LogP contribution is -2.12. The molecule has 2 heterocycles. The molecule has 0 bridgehead atoms. The second-order valence-electron chi connectivity index (χ2n) is 6.10. The summed E-state index contributed by atoms with van der Waals surface area (Å²) < 4.78 is 10.6. The number of rotatable bonds is 7. The van der Waals surface area contributed by atoms with E-state index in [0.29, 0.717) is 24.7 Å². The first kappa shape index (κ1) is 19.3. The number of aromatic nitrogens is 4. The van der Waals surface area contributed by atoms with E-state index in [1.807, 2.05) is 32.0 Å². The maximum Gasteiger partial charge on any atom is 0.357 e. The number of methoxy groups -OCH3 is 1. The second-order valence-corrected chi connectivity index (χ2v) is 6.10. The van der Waals surface area contributed by atoms with Crippen molar-refractivity contribution in [2.45, 2.75) is 27.2 Å². The number of imidazole rings is 1. The Bertz CT molecular complexity index is 984. The molecule has 0 aliphatic carbocycles. The molecule has 0 unspecified atom stereocenters. The Morgan fingerprint density at radius 2 is 2.04 bits per heavy atom. The van der Waals surface area contributed by atoms with Gasteiger partial charge in [0, 0.05) is 35.4 Å². The Balaban J connectivity index is 1.89. The summed E-state index contributed by atoms with van der Waals surface area (Å²) >= 11 is 0. The molecule has 0 aliphatic rings. The van der Waals surface area contributed by atoms with Gasteiger partial charge in [-0.2, -0.15) is 0 Å². The van der Waals surface area contributed by atoms with Crippen LogP contribution in [0.25, 0.3) is 11.4 Å². The van der Waals surface area contributed by atoms with Crippen molar-refractivity contribution in [3.8, 4) is 17.1 Å². The van der Waals surface area contributed by atoms with Crippen molar-refractivity contribution in [3.05, 3.63) is 47.5 Å². The van der Waals surface area contributed by atoms with Crippen LogP contribution in [0.15, 0.2) is 30.6 Å². The standard InChI is InChI=1S/C20H23N5O3/c1-5-13-11-22-20(25-17(13)19(26)28-6-2)24-14-7-8-15(16(9-14)27-4)18-21-10-12(3)23-18/h7-11H,5-6H2,1-4H3,(H,21,23)(H,22,24,25). The highest BCUT2D eigenvalue weighted by Crippen LogP contribution is 2.31. The Kier molecular flexibility index (Phi) is 5.88. The summed E-state index contributed by atoms with van der Waals surface area (Å²) in [6, 6.07) is 5.59. The Labute approximate surface area is 163 Å². The zero-order chi connectivity index (χ0) is 20.1. The molecule has 8 heteroatoms. The first-order chi connectivity index (χ1) is 13.5. The van der Waals surface area contributed by atoms with Crippen molar-refractivity contribution in [1.82, 2.24) is 19.9 Å². The molecular weight excluding hydrogens is 358 g/mol. The highest BCUT2D eigenvalue weighted by Gasteiger charge is 2.16. The van der Waals surface area contributed by atoms with Gasteiger partial charge >= 0.3 is 5.97 Å². The van der Waals surface area contributed by atoms with E-state index in [1.165, 1.54) is 0 Å². The van der Waals surface area contributed by atoms with Gasteiger partial charge < -0.3 is 19.8 Å². The third-order valence-electron chi connectivity index (χ3n) is 4.13. The lowest BCUT2D eigenvalue weighted by molar-refractivity contribution is 0.0518. The molecule has 2 aromatic heterocycles. The number of benzene rings is 1. The van der Waals surface area contributed by atoms with Gasteiger partial charge in [0.15, 0.2) is 5.69 Å². The Morgan fingerprint density at radius 3 is 2.68 bits per heavy atom. The molecule has 0 fully saturated rings.